The summed E-state index contributed by atoms with van der Waals surface area (Å²) >= 11 is 0. The lowest BCUT2D eigenvalue weighted by Gasteiger charge is -2.28. The molecule has 1 saturated heterocycles. The molecule has 0 atom stereocenters. The van der Waals surface area contributed by atoms with Gasteiger partial charge in [0.2, 0.25) is 5.95 Å². The topological polar surface area (TPSA) is 91.1 Å². The molecule has 0 unspecified atom stereocenters. The summed E-state index contributed by atoms with van der Waals surface area (Å²) in [4.78, 5) is 25.0. The van der Waals surface area contributed by atoms with E-state index in [1.54, 1.807) is 0 Å². The number of Topliss-reactive ketones (excluding diaryl/α,β-unsaturated/α-hetero) is 1. The van der Waals surface area contributed by atoms with E-state index < -0.39 is 5.41 Å². The van der Waals surface area contributed by atoms with Crippen molar-refractivity contribution in [1.82, 2.24) is 9.97 Å². The van der Waals surface area contributed by atoms with Crippen LogP contribution in [0.5, 0.6) is 0 Å². The summed E-state index contributed by atoms with van der Waals surface area (Å²) in [6, 6.07) is 17.8. The van der Waals surface area contributed by atoms with Crippen LogP contribution < -0.4 is 10.2 Å². The Morgan fingerprint density at radius 2 is 1.92 bits per heavy atom. The second-order valence-corrected chi connectivity index (χ2v) is 9.63. The van der Waals surface area contributed by atoms with Gasteiger partial charge in [-0.1, -0.05) is 36.4 Å². The first-order chi connectivity index (χ1) is 17.3. The lowest BCUT2D eigenvalue weighted by atomic mass is 9.85. The number of benzene rings is 2. The van der Waals surface area contributed by atoms with E-state index in [1.807, 2.05) is 76.2 Å². The molecule has 2 heterocycles. The highest BCUT2D eigenvalue weighted by molar-refractivity contribution is 5.98. The van der Waals surface area contributed by atoms with Gasteiger partial charge in [0.25, 0.3) is 0 Å². The Balaban J connectivity index is 1.65. The zero-order valence-electron chi connectivity index (χ0n) is 21.5. The van der Waals surface area contributed by atoms with Crippen LogP contribution in [0.3, 0.4) is 0 Å². The maximum Gasteiger partial charge on any atom is 0.225 e. The summed E-state index contributed by atoms with van der Waals surface area (Å²) in [5.41, 5.74) is 4.58. The summed E-state index contributed by atoms with van der Waals surface area (Å²) in [5, 5.41) is 12.7. The van der Waals surface area contributed by atoms with Crippen LogP contribution in [0, 0.1) is 18.3 Å². The van der Waals surface area contributed by atoms with Crippen LogP contribution in [0.1, 0.15) is 47.8 Å². The Morgan fingerprint density at radius 3 is 2.64 bits per heavy atom. The average molecular weight is 484 g/mol. The number of rotatable bonds is 8. The number of hydrogen-bond donors (Lipinski definition) is 1. The summed E-state index contributed by atoms with van der Waals surface area (Å²) in [6.07, 6.45) is 0.267. The van der Waals surface area contributed by atoms with Crippen LogP contribution in [0.2, 0.25) is 0 Å². The van der Waals surface area contributed by atoms with Crippen LogP contribution in [0.15, 0.2) is 48.5 Å². The molecule has 1 aromatic heterocycles. The third-order valence-electron chi connectivity index (χ3n) is 6.51. The highest BCUT2D eigenvalue weighted by atomic mass is 16.5. The molecular weight excluding hydrogens is 450 g/mol. The molecule has 1 N–H and O–H groups in total. The lowest BCUT2D eigenvalue weighted by molar-refractivity contribution is 0.0993. The average Bonchev–Trinajstić information content (AvgIpc) is 2.89. The van der Waals surface area contributed by atoms with Gasteiger partial charge in [0.05, 0.1) is 30.4 Å². The molecule has 36 heavy (non-hydrogen) atoms. The first-order valence-corrected chi connectivity index (χ1v) is 12.4. The molecule has 186 valence electrons. The quantitative estimate of drug-likeness (QED) is 0.454. The standard InChI is InChI=1S/C29H33N5O2/c1-5-31-28-32-25(18-27(33-28)34-11-13-36-14-12-34)24-17-22(10-9-20(24)2)26(35)16-21-7-6-8-23(15-21)29(3,4)19-30/h6-10,15,17-18H,5,11-14,16H2,1-4H3,(H,31,32,33). The number of aromatic nitrogens is 2. The molecule has 1 aliphatic rings. The third-order valence-corrected chi connectivity index (χ3v) is 6.51. The first kappa shape index (κ1) is 25.3. The molecule has 4 rings (SSSR count). The maximum atomic E-state index is 13.3. The summed E-state index contributed by atoms with van der Waals surface area (Å²) in [5.74, 6) is 1.45. The minimum atomic E-state index is -0.606. The minimum absolute atomic E-state index is 0.0255. The molecule has 0 aliphatic carbocycles. The van der Waals surface area contributed by atoms with Crippen LogP contribution >= 0.6 is 0 Å². The molecule has 3 aromatic rings. The number of anilines is 2. The lowest BCUT2D eigenvalue weighted by Crippen LogP contribution is -2.37. The van der Waals surface area contributed by atoms with E-state index in [0.29, 0.717) is 31.3 Å². The Hall–Kier alpha value is -3.76. The van der Waals surface area contributed by atoms with Gasteiger partial charge in [-0.05, 0) is 50.5 Å². The Kier molecular flexibility index (Phi) is 7.66. The number of morpholine rings is 1. The van der Waals surface area contributed by atoms with Crippen molar-refractivity contribution in [3.05, 3.63) is 70.8 Å². The van der Waals surface area contributed by atoms with Crippen molar-refractivity contribution in [3.8, 4) is 17.3 Å². The van der Waals surface area contributed by atoms with Crippen molar-refractivity contribution >= 4 is 17.5 Å². The van der Waals surface area contributed by atoms with Crippen LogP contribution in [0.25, 0.3) is 11.3 Å². The van der Waals surface area contributed by atoms with E-state index >= 15 is 0 Å². The fourth-order valence-electron chi connectivity index (χ4n) is 4.26. The number of ketones is 1. The molecule has 0 radical (unpaired) electrons. The van der Waals surface area contributed by atoms with Gasteiger partial charge in [-0.3, -0.25) is 4.79 Å². The number of hydrogen-bond acceptors (Lipinski definition) is 7. The number of nitrogens with one attached hydrogen (secondary N) is 1. The summed E-state index contributed by atoms with van der Waals surface area (Å²) in [6.45, 7) is 11.4. The summed E-state index contributed by atoms with van der Waals surface area (Å²) in [7, 11) is 0. The van der Waals surface area contributed by atoms with Gasteiger partial charge in [0.1, 0.15) is 5.82 Å². The SMILES string of the molecule is CCNc1nc(-c2cc(C(=O)Cc3cccc(C(C)(C)C#N)c3)ccc2C)cc(N2CCOCC2)n1. The zero-order chi connectivity index (χ0) is 25.7. The molecular formula is C29H33N5O2. The van der Waals surface area contributed by atoms with Crippen LogP contribution in [-0.2, 0) is 16.6 Å². The van der Waals surface area contributed by atoms with Crippen molar-refractivity contribution in [2.75, 3.05) is 43.1 Å². The Labute approximate surface area is 213 Å². The van der Waals surface area contributed by atoms with Crippen molar-refractivity contribution < 1.29 is 9.53 Å². The summed E-state index contributed by atoms with van der Waals surface area (Å²) < 4.78 is 5.50. The van der Waals surface area contributed by atoms with Crippen molar-refractivity contribution in [3.63, 3.8) is 0 Å². The molecule has 0 bridgehead atoms. The van der Waals surface area contributed by atoms with Crippen LogP contribution in [-0.4, -0.2) is 48.6 Å². The number of aryl methyl sites for hydroxylation is 1. The van der Waals surface area contributed by atoms with Gasteiger partial charge < -0.3 is 15.0 Å². The molecule has 2 aromatic carbocycles. The third kappa shape index (κ3) is 5.72. The number of ether oxygens (including phenoxy) is 1. The molecule has 0 saturated carbocycles. The van der Waals surface area contributed by atoms with Gasteiger partial charge in [-0.25, -0.2) is 4.98 Å². The second kappa shape index (κ2) is 10.9. The second-order valence-electron chi connectivity index (χ2n) is 9.63. The highest BCUT2D eigenvalue weighted by Gasteiger charge is 2.21. The Morgan fingerprint density at radius 1 is 1.14 bits per heavy atom. The number of carbonyl (C=O) groups is 1. The first-order valence-electron chi connectivity index (χ1n) is 12.4. The van der Waals surface area contributed by atoms with Gasteiger partial charge in [0, 0.05) is 43.2 Å². The highest BCUT2D eigenvalue weighted by Crippen LogP contribution is 2.29. The van der Waals surface area contributed by atoms with Gasteiger partial charge >= 0.3 is 0 Å². The van der Waals surface area contributed by atoms with E-state index in [-0.39, 0.29) is 12.2 Å². The van der Waals surface area contributed by atoms with Gasteiger partial charge in [-0.2, -0.15) is 10.2 Å². The van der Waals surface area contributed by atoms with Gasteiger partial charge in [-0.15, -0.1) is 0 Å². The van der Waals surface area contributed by atoms with E-state index in [1.165, 1.54) is 0 Å². The van der Waals surface area contributed by atoms with Gasteiger partial charge in [0.15, 0.2) is 5.78 Å². The fraction of sp³-hybridized carbons (Fsp3) is 0.379. The number of nitriles is 1. The smallest absolute Gasteiger partial charge is 0.225 e. The normalized spacial score (nSPS) is 13.8. The Bertz CT molecular complexity index is 1290. The van der Waals surface area contributed by atoms with Crippen molar-refractivity contribution in [2.24, 2.45) is 0 Å². The maximum absolute atomic E-state index is 13.3. The molecule has 1 aliphatic heterocycles. The molecule has 7 heteroatoms. The molecule has 1 fully saturated rings. The number of carbonyl (C=O) groups excluding carboxylic acids is 1. The zero-order valence-corrected chi connectivity index (χ0v) is 21.5. The van der Waals surface area contributed by atoms with E-state index in [0.717, 1.165) is 46.9 Å². The molecule has 0 spiro atoms. The fourth-order valence-corrected chi connectivity index (χ4v) is 4.26. The molecule has 7 nitrogen and oxygen atoms in total. The number of nitrogens with zero attached hydrogens (tertiary/aromatic N) is 4. The van der Waals surface area contributed by atoms with Crippen molar-refractivity contribution in [1.29, 1.82) is 5.26 Å². The van der Waals surface area contributed by atoms with E-state index in [9.17, 15) is 10.1 Å². The molecule has 0 amide bonds. The largest absolute Gasteiger partial charge is 0.378 e. The van der Waals surface area contributed by atoms with Crippen molar-refractivity contribution in [2.45, 2.75) is 39.5 Å². The van der Waals surface area contributed by atoms with E-state index in [4.69, 9.17) is 14.7 Å². The van der Waals surface area contributed by atoms with E-state index in [2.05, 4.69) is 16.3 Å². The minimum Gasteiger partial charge on any atom is -0.378 e. The monoisotopic (exact) mass is 483 g/mol. The predicted molar refractivity (Wildman–Crippen MR) is 143 cm³/mol. The predicted octanol–water partition coefficient (Wildman–Crippen LogP) is 4.95. The van der Waals surface area contributed by atoms with Crippen LogP contribution in [0.4, 0.5) is 11.8 Å².